The predicted molar refractivity (Wildman–Crippen MR) is 137 cm³/mol. The van der Waals surface area contributed by atoms with Crippen LogP contribution in [0.25, 0.3) is 22.6 Å². The predicted octanol–water partition coefficient (Wildman–Crippen LogP) is 4.41. The Bertz CT molecular complexity index is 1300. The van der Waals surface area contributed by atoms with Crippen molar-refractivity contribution in [2.45, 2.75) is 13.0 Å². The van der Waals surface area contributed by atoms with Gasteiger partial charge in [-0.05, 0) is 23.6 Å². The summed E-state index contributed by atoms with van der Waals surface area (Å²) in [5.41, 5.74) is 11.1. The summed E-state index contributed by atoms with van der Waals surface area (Å²) < 4.78 is 7.69. The molecule has 8 nitrogen and oxygen atoms in total. The number of benzene rings is 1. The number of pyridine rings is 1. The molecule has 0 spiro atoms. The Morgan fingerprint density at radius 3 is 2.79 bits per heavy atom. The van der Waals surface area contributed by atoms with E-state index in [2.05, 4.69) is 37.4 Å². The molecule has 0 radical (unpaired) electrons. The first-order valence-corrected chi connectivity index (χ1v) is 11.4. The minimum atomic E-state index is 0.575. The summed E-state index contributed by atoms with van der Waals surface area (Å²) in [7, 11) is 1.72. The van der Waals surface area contributed by atoms with Crippen LogP contribution in [0.15, 0.2) is 72.4 Å². The highest BCUT2D eigenvalue weighted by Crippen LogP contribution is 2.23. The summed E-state index contributed by atoms with van der Waals surface area (Å²) in [4.78, 5) is 17.3. The number of anilines is 1. The zero-order chi connectivity index (χ0) is 23.8. The first kappa shape index (κ1) is 23.3. The van der Waals surface area contributed by atoms with Crippen LogP contribution in [0.4, 0.5) is 5.82 Å². The van der Waals surface area contributed by atoms with Gasteiger partial charge in [0.2, 0.25) is 0 Å². The van der Waals surface area contributed by atoms with Gasteiger partial charge in [0.05, 0.1) is 24.2 Å². The van der Waals surface area contributed by atoms with E-state index in [-0.39, 0.29) is 0 Å². The van der Waals surface area contributed by atoms with Gasteiger partial charge < -0.3 is 15.8 Å². The van der Waals surface area contributed by atoms with Crippen molar-refractivity contribution in [3.8, 4) is 17.1 Å². The largest absolute Gasteiger partial charge is 0.493 e. The number of imidazole rings is 1. The Morgan fingerprint density at radius 1 is 1.18 bits per heavy atom. The van der Waals surface area contributed by atoms with Crippen LogP contribution in [-0.4, -0.2) is 45.1 Å². The third-order valence-corrected chi connectivity index (χ3v) is 5.44. The number of halogens is 1. The lowest BCUT2D eigenvalue weighted by Crippen LogP contribution is -2.03. The third kappa shape index (κ3) is 5.52. The van der Waals surface area contributed by atoms with Crippen molar-refractivity contribution in [2.24, 2.45) is 10.7 Å². The normalized spacial score (nSPS) is 11.9. The second-order valence-electron chi connectivity index (χ2n) is 7.47. The van der Waals surface area contributed by atoms with Crippen LogP contribution in [0.2, 0.25) is 0 Å². The van der Waals surface area contributed by atoms with E-state index in [1.54, 1.807) is 32.0 Å². The molecule has 3 aromatic heterocycles. The first-order chi connectivity index (χ1) is 16.7. The second-order valence-corrected chi connectivity index (χ2v) is 7.85. The molecule has 0 fully saturated rings. The van der Waals surface area contributed by atoms with Crippen molar-refractivity contribution in [3.05, 3.63) is 78.5 Å². The quantitative estimate of drug-likeness (QED) is 0.200. The van der Waals surface area contributed by atoms with Crippen LogP contribution in [0.5, 0.6) is 5.75 Å². The van der Waals surface area contributed by atoms with Gasteiger partial charge in [0.15, 0.2) is 0 Å². The summed E-state index contributed by atoms with van der Waals surface area (Å²) in [5, 5.41) is 3.36. The zero-order valence-electron chi connectivity index (χ0n) is 18.9. The van der Waals surface area contributed by atoms with E-state index in [1.165, 1.54) is 0 Å². The summed E-state index contributed by atoms with van der Waals surface area (Å²) in [5.74, 6) is 2.07. The highest BCUT2D eigenvalue weighted by Gasteiger charge is 2.10. The summed E-state index contributed by atoms with van der Waals surface area (Å²) >= 11 is 5.71. The maximum absolute atomic E-state index is 5.71. The number of aliphatic imine (C=N–C) groups is 1. The van der Waals surface area contributed by atoms with Gasteiger partial charge in [-0.1, -0.05) is 24.3 Å². The molecule has 0 aliphatic heterocycles. The van der Waals surface area contributed by atoms with Crippen LogP contribution in [0.3, 0.4) is 0 Å². The Labute approximate surface area is 203 Å². The molecule has 0 saturated heterocycles. The molecule has 3 N–H and O–H groups in total. The van der Waals surface area contributed by atoms with Gasteiger partial charge in [-0.2, -0.15) is 0 Å². The van der Waals surface area contributed by atoms with Crippen molar-refractivity contribution in [2.75, 3.05) is 24.9 Å². The Hall–Kier alpha value is -3.91. The molecule has 0 aliphatic carbocycles. The lowest BCUT2D eigenvalue weighted by molar-refractivity contribution is 0.318. The lowest BCUT2D eigenvalue weighted by Gasteiger charge is -2.09. The van der Waals surface area contributed by atoms with E-state index < -0.39 is 0 Å². The molecule has 34 heavy (non-hydrogen) atoms. The number of allylic oxidation sites excluding steroid dienone is 1. The van der Waals surface area contributed by atoms with Crippen molar-refractivity contribution in [1.82, 2.24) is 19.4 Å². The van der Waals surface area contributed by atoms with E-state index in [9.17, 15) is 0 Å². The third-order valence-electron chi connectivity index (χ3n) is 5.17. The molecule has 0 amide bonds. The van der Waals surface area contributed by atoms with E-state index >= 15 is 0 Å². The van der Waals surface area contributed by atoms with Crippen molar-refractivity contribution in [3.63, 3.8) is 0 Å². The molecule has 4 rings (SSSR count). The van der Waals surface area contributed by atoms with Gasteiger partial charge >= 0.3 is 0 Å². The van der Waals surface area contributed by atoms with E-state index in [4.69, 9.17) is 22.1 Å². The molecule has 4 aromatic rings. The van der Waals surface area contributed by atoms with Crippen LogP contribution in [-0.2, 0) is 6.54 Å². The summed E-state index contributed by atoms with van der Waals surface area (Å²) in [6.07, 6.45) is 9.37. The number of ether oxygens (including phenoxy) is 1. The molecule has 0 saturated carbocycles. The Balaban J connectivity index is 1.45. The average Bonchev–Trinajstić information content (AvgIpc) is 3.30. The summed E-state index contributed by atoms with van der Waals surface area (Å²) in [6.45, 7) is 1.20. The van der Waals surface area contributed by atoms with Crippen molar-refractivity contribution >= 4 is 34.9 Å². The van der Waals surface area contributed by atoms with Gasteiger partial charge in [-0.3, -0.25) is 9.39 Å². The number of hydrogen-bond acceptors (Lipinski definition) is 7. The maximum atomic E-state index is 5.71. The van der Waals surface area contributed by atoms with Gasteiger partial charge in [-0.15, -0.1) is 11.6 Å². The zero-order valence-corrected chi connectivity index (χ0v) is 19.6. The van der Waals surface area contributed by atoms with Gasteiger partial charge in [-0.25, -0.2) is 15.0 Å². The minimum Gasteiger partial charge on any atom is -0.493 e. The van der Waals surface area contributed by atoms with Crippen molar-refractivity contribution < 1.29 is 4.74 Å². The maximum Gasteiger partial charge on any atom is 0.140 e. The number of nitrogens with one attached hydrogen (secondary N) is 1. The molecule has 0 aliphatic rings. The highest BCUT2D eigenvalue weighted by atomic mass is 35.5. The molecule has 9 heteroatoms. The van der Waals surface area contributed by atoms with E-state index in [0.717, 1.165) is 51.7 Å². The fourth-order valence-electron chi connectivity index (χ4n) is 3.44. The highest BCUT2D eigenvalue weighted by molar-refractivity contribution is 6.17. The summed E-state index contributed by atoms with van der Waals surface area (Å²) in [6, 6.07) is 13.9. The number of rotatable bonds is 10. The number of aromatic nitrogens is 4. The number of hydrogen-bond donors (Lipinski definition) is 2. The van der Waals surface area contributed by atoms with Crippen LogP contribution >= 0.6 is 11.6 Å². The standard InChI is InChI=1S/C25H26ClN7O/c1-28-15-20(13-27)19-5-3-18(4-6-19)14-29-24-12-22(31-17-32-24)23-16-30-25-11-21(7-9-33(23)25)34-10-2-8-26/h3-7,9,11-13,15-17H,2,8,10,14,27H2,1H3,(H,29,31,32)/b20-13+,28-15?. The molecule has 0 bridgehead atoms. The molecule has 3 heterocycles. The second kappa shape index (κ2) is 11.3. The van der Waals surface area contributed by atoms with E-state index in [0.29, 0.717) is 19.0 Å². The van der Waals surface area contributed by atoms with Gasteiger partial charge in [0, 0.05) is 55.8 Å². The molecule has 174 valence electrons. The SMILES string of the molecule is CN=C/C(=C\N)c1ccc(CNc2cc(-c3cnc4cc(OCCCCl)ccn34)ncn2)cc1. The minimum absolute atomic E-state index is 0.575. The molecular weight excluding hydrogens is 450 g/mol. The number of nitrogens with two attached hydrogens (primary N) is 1. The van der Waals surface area contributed by atoms with Gasteiger partial charge in [0.1, 0.15) is 23.5 Å². The smallest absolute Gasteiger partial charge is 0.140 e. The molecule has 0 unspecified atom stereocenters. The first-order valence-electron chi connectivity index (χ1n) is 10.9. The Kier molecular flexibility index (Phi) is 7.72. The van der Waals surface area contributed by atoms with Crippen LogP contribution in [0.1, 0.15) is 17.5 Å². The number of nitrogens with zero attached hydrogens (tertiary/aromatic N) is 5. The molecule has 1 aromatic carbocycles. The van der Waals surface area contributed by atoms with Crippen molar-refractivity contribution in [1.29, 1.82) is 0 Å². The van der Waals surface area contributed by atoms with Crippen LogP contribution in [0, 0.1) is 0 Å². The number of alkyl halides is 1. The Morgan fingerprint density at radius 2 is 2.03 bits per heavy atom. The fraction of sp³-hybridized carbons (Fsp3) is 0.200. The van der Waals surface area contributed by atoms with Gasteiger partial charge in [0.25, 0.3) is 0 Å². The number of fused-ring (bicyclic) bond motifs is 1. The monoisotopic (exact) mass is 475 g/mol. The topological polar surface area (TPSA) is 103 Å². The fourth-order valence-corrected chi connectivity index (χ4v) is 3.55. The average molecular weight is 476 g/mol. The lowest BCUT2D eigenvalue weighted by atomic mass is 10.1. The molecular formula is C25H26ClN7O. The molecule has 0 atom stereocenters. The van der Waals surface area contributed by atoms with E-state index in [1.807, 2.05) is 40.9 Å². The van der Waals surface area contributed by atoms with Crippen LogP contribution < -0.4 is 15.8 Å².